The van der Waals surface area contributed by atoms with Gasteiger partial charge in [-0.3, -0.25) is 0 Å². The molecule has 1 heterocycles. The average molecular weight is 544 g/mol. The molecule has 18 heavy (non-hydrogen) atoms. The maximum absolute atomic E-state index is 11.8. The number of nitrogens with zero attached hydrogens (tertiary/aromatic N) is 1. The van der Waals surface area contributed by atoms with E-state index >= 15 is 0 Å². The van der Waals surface area contributed by atoms with Gasteiger partial charge in [0, 0.05) is 18.0 Å². The van der Waals surface area contributed by atoms with Gasteiger partial charge in [0.25, 0.3) is 0 Å². The first-order valence-corrected chi connectivity index (χ1v) is 13.2. The number of aliphatic hydroxyl groups excluding tert-OH is 1. The summed E-state index contributed by atoms with van der Waals surface area (Å²) in [4.78, 5) is 13.6. The van der Waals surface area contributed by atoms with Gasteiger partial charge >= 0.3 is 40.8 Å². The SMILES string of the molecule is CC1N(C(=O)OC(C)(C)C)CC12CC(O)C2.[I][Os]. The van der Waals surface area contributed by atoms with Gasteiger partial charge in [-0.15, -0.1) is 0 Å². The van der Waals surface area contributed by atoms with Gasteiger partial charge in [-0.05, 0) is 40.5 Å². The number of hydrogen-bond acceptors (Lipinski definition) is 3. The molecule has 1 atom stereocenters. The Hall–Kier alpha value is 0.596. The van der Waals surface area contributed by atoms with Gasteiger partial charge in [0.1, 0.15) is 5.60 Å². The van der Waals surface area contributed by atoms with Crippen molar-refractivity contribution in [2.45, 2.75) is 58.3 Å². The first kappa shape index (κ1) is 16.7. The third kappa shape index (κ3) is 3.37. The molecule has 107 valence electrons. The number of carbonyl (C=O) groups is 1. The molecule has 2 aliphatic rings. The number of hydrogen-bond donors (Lipinski definition) is 1. The van der Waals surface area contributed by atoms with Crippen LogP contribution >= 0.6 is 19.7 Å². The zero-order valence-electron chi connectivity index (χ0n) is 11.2. The van der Waals surface area contributed by atoms with E-state index in [0.717, 1.165) is 19.4 Å². The second-order valence-corrected chi connectivity index (χ2v) is 6.21. The number of ether oxygens (including phenoxy) is 1. The Balaban J connectivity index is 0.000000771. The molecule has 0 aromatic rings. The molecular formula is C12H21INO3Os. The number of rotatable bonds is 0. The fraction of sp³-hybridized carbons (Fsp3) is 0.917. The summed E-state index contributed by atoms with van der Waals surface area (Å²) in [5, 5.41) is 9.34. The molecule has 0 bridgehead atoms. The standard InChI is InChI=1S/C12H21NO3.HI.Os/c1-8-12(5-9(14)6-12)7-13(8)10(15)16-11(2,3)4;;/h8-9,14H,5-7H2,1-4H3;1H;/q;;+1/p-1. The van der Waals surface area contributed by atoms with E-state index in [2.05, 4.69) is 19.7 Å². The molecule has 1 aliphatic carbocycles. The van der Waals surface area contributed by atoms with E-state index in [9.17, 15) is 9.90 Å². The van der Waals surface area contributed by atoms with E-state index in [4.69, 9.17) is 4.74 Å². The summed E-state index contributed by atoms with van der Waals surface area (Å²) in [5.41, 5.74) is -0.255. The van der Waals surface area contributed by atoms with Gasteiger partial charge in [-0.2, -0.15) is 0 Å². The van der Waals surface area contributed by atoms with Crippen molar-refractivity contribution in [1.82, 2.24) is 4.90 Å². The summed E-state index contributed by atoms with van der Waals surface area (Å²) < 4.78 is 5.33. The third-order valence-corrected chi connectivity index (χ3v) is 3.75. The van der Waals surface area contributed by atoms with Crippen LogP contribution in [0.2, 0.25) is 0 Å². The zero-order valence-corrected chi connectivity index (χ0v) is 15.9. The molecule has 2 rings (SSSR count). The minimum atomic E-state index is -0.432. The maximum atomic E-state index is 11.8. The molecule has 6 heteroatoms. The van der Waals surface area contributed by atoms with Crippen molar-refractivity contribution < 1.29 is 29.7 Å². The molecular weight excluding hydrogens is 523 g/mol. The van der Waals surface area contributed by atoms with E-state index in [1.165, 1.54) is 0 Å². The van der Waals surface area contributed by atoms with Gasteiger partial charge in [0.15, 0.2) is 0 Å². The van der Waals surface area contributed by atoms with Gasteiger partial charge in [0.2, 0.25) is 0 Å². The molecule has 0 aromatic carbocycles. The second kappa shape index (κ2) is 5.93. The van der Waals surface area contributed by atoms with Crippen molar-refractivity contribution in [2.75, 3.05) is 6.54 Å². The van der Waals surface area contributed by atoms with Crippen LogP contribution in [0.25, 0.3) is 0 Å². The van der Waals surface area contributed by atoms with Crippen molar-refractivity contribution in [2.24, 2.45) is 5.41 Å². The summed E-state index contributed by atoms with van der Waals surface area (Å²) in [5.74, 6) is 0. The molecule has 1 unspecified atom stereocenters. The fourth-order valence-corrected chi connectivity index (χ4v) is 2.72. The molecule has 1 saturated heterocycles. The Morgan fingerprint density at radius 1 is 1.44 bits per heavy atom. The van der Waals surface area contributed by atoms with Crippen molar-refractivity contribution >= 4 is 25.8 Å². The molecule has 1 aliphatic heterocycles. The average Bonchev–Trinajstić information content (AvgIpc) is 2.21. The van der Waals surface area contributed by atoms with Gasteiger partial charge in [-0.25, -0.2) is 4.79 Å². The van der Waals surface area contributed by atoms with E-state index in [1.54, 1.807) is 4.90 Å². The van der Waals surface area contributed by atoms with E-state index in [1.807, 2.05) is 42.7 Å². The molecule has 1 amide bonds. The Morgan fingerprint density at radius 3 is 2.28 bits per heavy atom. The van der Waals surface area contributed by atoms with E-state index in [0.29, 0.717) is 0 Å². The van der Waals surface area contributed by atoms with Gasteiger partial charge in [-0.1, -0.05) is 0 Å². The van der Waals surface area contributed by atoms with Crippen molar-refractivity contribution in [3.63, 3.8) is 0 Å². The Labute approximate surface area is 130 Å². The van der Waals surface area contributed by atoms with Gasteiger partial charge < -0.3 is 14.7 Å². The van der Waals surface area contributed by atoms with Crippen LogP contribution in [-0.2, 0) is 19.8 Å². The van der Waals surface area contributed by atoms with Crippen LogP contribution in [0.4, 0.5) is 4.79 Å². The fourth-order valence-electron chi connectivity index (χ4n) is 2.72. The quantitative estimate of drug-likeness (QED) is 0.478. The summed E-state index contributed by atoms with van der Waals surface area (Å²) >= 11 is 4.01. The summed E-state index contributed by atoms with van der Waals surface area (Å²) in [7, 11) is 0. The Kier molecular flexibility index (Phi) is 5.48. The summed E-state index contributed by atoms with van der Waals surface area (Å²) in [6.45, 7) is 8.40. The zero-order chi connectivity index (χ0) is 14.1. The van der Waals surface area contributed by atoms with Crippen molar-refractivity contribution in [3.05, 3.63) is 0 Å². The number of aliphatic hydroxyl groups is 1. The van der Waals surface area contributed by atoms with Crippen LogP contribution in [0.15, 0.2) is 0 Å². The molecule has 4 nitrogen and oxygen atoms in total. The molecule has 2 fully saturated rings. The topological polar surface area (TPSA) is 49.8 Å². The van der Waals surface area contributed by atoms with Crippen LogP contribution < -0.4 is 0 Å². The predicted molar refractivity (Wildman–Crippen MR) is 74.1 cm³/mol. The molecule has 1 spiro atoms. The normalized spacial score (nSPS) is 34.1. The second-order valence-electron chi connectivity index (χ2n) is 6.21. The van der Waals surface area contributed by atoms with Crippen LogP contribution in [0.1, 0.15) is 40.5 Å². The molecule has 0 radical (unpaired) electrons. The summed E-state index contributed by atoms with van der Waals surface area (Å²) in [6.07, 6.45) is 1.26. The Morgan fingerprint density at radius 2 is 1.94 bits per heavy atom. The minimum absolute atomic E-state index is 0.164. The number of likely N-dealkylation sites (tertiary alicyclic amines) is 1. The Bertz CT molecular complexity index is 313. The predicted octanol–water partition coefficient (Wildman–Crippen LogP) is 2.65. The first-order chi connectivity index (χ1) is 8.23. The van der Waals surface area contributed by atoms with Crippen LogP contribution in [0.5, 0.6) is 0 Å². The van der Waals surface area contributed by atoms with E-state index in [-0.39, 0.29) is 23.7 Å². The van der Waals surface area contributed by atoms with Crippen LogP contribution in [-0.4, -0.2) is 40.4 Å². The molecule has 1 saturated carbocycles. The third-order valence-electron chi connectivity index (χ3n) is 3.75. The van der Waals surface area contributed by atoms with Crippen molar-refractivity contribution in [1.29, 1.82) is 0 Å². The summed E-state index contributed by atoms with van der Waals surface area (Å²) in [6, 6.07) is 0.200. The van der Waals surface area contributed by atoms with E-state index < -0.39 is 5.60 Å². The van der Waals surface area contributed by atoms with Crippen LogP contribution in [0, 0.1) is 5.41 Å². The van der Waals surface area contributed by atoms with Crippen molar-refractivity contribution in [3.8, 4) is 0 Å². The monoisotopic (exact) mass is 546 g/mol. The molecule has 0 aromatic heterocycles. The first-order valence-electron chi connectivity index (χ1n) is 6.05. The number of halogens is 1. The number of amides is 1. The number of carbonyl (C=O) groups excluding carboxylic acids is 1. The van der Waals surface area contributed by atoms with Crippen LogP contribution in [0.3, 0.4) is 0 Å². The molecule has 1 N–H and O–H groups in total. The van der Waals surface area contributed by atoms with Gasteiger partial charge in [0.05, 0.1) is 6.10 Å².